The third-order valence-electron chi connectivity index (χ3n) is 6.31. The number of rotatable bonds is 5. The fraction of sp³-hybridized carbons (Fsp3) is 0.138. The second-order valence-corrected chi connectivity index (χ2v) is 8.30. The first kappa shape index (κ1) is 20.1. The first-order valence-electron chi connectivity index (χ1n) is 11.0. The van der Waals surface area contributed by atoms with Gasteiger partial charge in [0.1, 0.15) is 5.75 Å². The minimum Gasteiger partial charge on any atom is -0.508 e. The number of aromatic hydroxyl groups is 1. The van der Waals surface area contributed by atoms with Crippen LogP contribution in [0.4, 0.5) is 0 Å². The van der Waals surface area contributed by atoms with Crippen molar-refractivity contribution in [2.24, 2.45) is 0 Å². The Hall–Kier alpha value is -3.85. The molecule has 1 aliphatic rings. The average Bonchev–Trinajstić information content (AvgIpc) is 3.28. The monoisotopic (exact) mass is 419 g/mol. The Morgan fingerprint density at radius 3 is 2.06 bits per heavy atom. The van der Waals surface area contributed by atoms with Crippen molar-refractivity contribution in [3.05, 3.63) is 125 Å². The smallest absolute Gasteiger partial charge is 0.255 e. The molecule has 0 radical (unpaired) electrons. The number of fused-ring (bicyclic) bond motifs is 1. The summed E-state index contributed by atoms with van der Waals surface area (Å²) in [7, 11) is 0. The predicted molar refractivity (Wildman–Crippen MR) is 127 cm³/mol. The molecule has 32 heavy (non-hydrogen) atoms. The first-order chi connectivity index (χ1) is 15.7. The SMILES string of the molecule is O=C(c1ccccc1-c1ccccc1)N(Cc1ccccc1O)C1Cc2ccccc2C1. The molecule has 0 aliphatic heterocycles. The van der Waals surface area contributed by atoms with Gasteiger partial charge in [-0.25, -0.2) is 0 Å². The zero-order valence-electron chi connectivity index (χ0n) is 17.8. The van der Waals surface area contributed by atoms with Crippen LogP contribution in [0, 0.1) is 0 Å². The van der Waals surface area contributed by atoms with Gasteiger partial charge in [0.25, 0.3) is 5.91 Å². The number of carbonyl (C=O) groups is 1. The van der Waals surface area contributed by atoms with E-state index in [2.05, 4.69) is 24.3 Å². The van der Waals surface area contributed by atoms with Crippen LogP contribution in [0.15, 0.2) is 103 Å². The Kier molecular flexibility index (Phi) is 5.47. The molecule has 3 nitrogen and oxygen atoms in total. The maximum Gasteiger partial charge on any atom is 0.255 e. The van der Waals surface area contributed by atoms with E-state index in [-0.39, 0.29) is 17.7 Å². The van der Waals surface area contributed by atoms with E-state index in [9.17, 15) is 9.90 Å². The first-order valence-corrected chi connectivity index (χ1v) is 11.0. The second-order valence-electron chi connectivity index (χ2n) is 8.30. The van der Waals surface area contributed by atoms with Crippen molar-refractivity contribution in [1.29, 1.82) is 0 Å². The number of phenolic OH excluding ortho intramolecular Hbond substituents is 1. The van der Waals surface area contributed by atoms with Gasteiger partial charge in [-0.05, 0) is 47.2 Å². The molecule has 1 N–H and O–H groups in total. The van der Waals surface area contributed by atoms with Crippen LogP contribution in [0.2, 0.25) is 0 Å². The lowest BCUT2D eigenvalue weighted by Gasteiger charge is -2.30. The lowest BCUT2D eigenvalue weighted by atomic mass is 9.97. The number of nitrogens with zero attached hydrogens (tertiary/aromatic N) is 1. The van der Waals surface area contributed by atoms with Crippen LogP contribution in [0.25, 0.3) is 11.1 Å². The molecule has 0 bridgehead atoms. The lowest BCUT2D eigenvalue weighted by Crippen LogP contribution is -2.40. The summed E-state index contributed by atoms with van der Waals surface area (Å²) in [5, 5.41) is 10.4. The third-order valence-corrected chi connectivity index (χ3v) is 6.31. The van der Waals surface area contributed by atoms with E-state index in [4.69, 9.17) is 0 Å². The molecule has 1 aliphatic carbocycles. The van der Waals surface area contributed by atoms with E-state index in [1.165, 1.54) is 11.1 Å². The highest BCUT2D eigenvalue weighted by atomic mass is 16.3. The molecule has 0 spiro atoms. The minimum absolute atomic E-state index is 0.00878. The molecule has 0 aromatic heterocycles. The molecule has 0 saturated carbocycles. The van der Waals surface area contributed by atoms with Crippen molar-refractivity contribution in [2.45, 2.75) is 25.4 Å². The quantitative estimate of drug-likeness (QED) is 0.440. The normalized spacial score (nSPS) is 13.0. The summed E-state index contributed by atoms with van der Waals surface area (Å²) in [6, 6.07) is 33.6. The van der Waals surface area contributed by atoms with Gasteiger partial charge >= 0.3 is 0 Å². The molecule has 0 atom stereocenters. The Morgan fingerprint density at radius 1 is 0.750 bits per heavy atom. The largest absolute Gasteiger partial charge is 0.508 e. The molecule has 0 unspecified atom stereocenters. The summed E-state index contributed by atoms with van der Waals surface area (Å²) in [5.41, 5.74) is 5.98. The van der Waals surface area contributed by atoms with Gasteiger partial charge in [0.15, 0.2) is 0 Å². The Labute approximate surface area is 188 Å². The molecule has 3 heteroatoms. The molecule has 0 fully saturated rings. The molecule has 4 aromatic carbocycles. The van der Waals surface area contributed by atoms with Gasteiger partial charge in [0.2, 0.25) is 0 Å². The highest BCUT2D eigenvalue weighted by molar-refractivity contribution is 6.01. The molecular formula is C29H25NO2. The van der Waals surface area contributed by atoms with Crippen LogP contribution < -0.4 is 0 Å². The fourth-order valence-corrected chi connectivity index (χ4v) is 4.64. The van der Waals surface area contributed by atoms with Crippen molar-refractivity contribution >= 4 is 5.91 Å². The van der Waals surface area contributed by atoms with E-state index >= 15 is 0 Å². The molecule has 158 valence electrons. The van der Waals surface area contributed by atoms with Gasteiger partial charge in [-0.15, -0.1) is 0 Å². The number of para-hydroxylation sites is 1. The Bertz CT molecular complexity index is 1220. The average molecular weight is 420 g/mol. The van der Waals surface area contributed by atoms with Gasteiger partial charge in [-0.2, -0.15) is 0 Å². The van der Waals surface area contributed by atoms with Gasteiger partial charge in [0.05, 0.1) is 0 Å². The van der Waals surface area contributed by atoms with Crippen LogP contribution in [-0.2, 0) is 19.4 Å². The van der Waals surface area contributed by atoms with Crippen LogP contribution in [-0.4, -0.2) is 22.0 Å². The topological polar surface area (TPSA) is 40.5 Å². The summed E-state index contributed by atoms with van der Waals surface area (Å²) < 4.78 is 0. The van der Waals surface area contributed by atoms with E-state index in [0.29, 0.717) is 12.1 Å². The molecule has 0 heterocycles. The van der Waals surface area contributed by atoms with E-state index in [1.807, 2.05) is 71.6 Å². The molecule has 1 amide bonds. The summed E-state index contributed by atoms with van der Waals surface area (Å²) in [6.07, 6.45) is 1.64. The van der Waals surface area contributed by atoms with Gasteiger partial charge in [-0.1, -0.05) is 91.0 Å². The van der Waals surface area contributed by atoms with Crippen molar-refractivity contribution in [3.63, 3.8) is 0 Å². The number of hydrogen-bond acceptors (Lipinski definition) is 2. The fourth-order valence-electron chi connectivity index (χ4n) is 4.64. The van der Waals surface area contributed by atoms with Crippen LogP contribution in [0.1, 0.15) is 27.0 Å². The van der Waals surface area contributed by atoms with Crippen molar-refractivity contribution in [2.75, 3.05) is 0 Å². The van der Waals surface area contributed by atoms with E-state index < -0.39 is 0 Å². The number of carbonyl (C=O) groups excluding carboxylic acids is 1. The van der Waals surface area contributed by atoms with Crippen molar-refractivity contribution in [3.8, 4) is 16.9 Å². The number of amides is 1. The molecule has 5 rings (SSSR count). The van der Waals surface area contributed by atoms with Crippen molar-refractivity contribution in [1.82, 2.24) is 4.90 Å². The van der Waals surface area contributed by atoms with Crippen molar-refractivity contribution < 1.29 is 9.90 Å². The van der Waals surface area contributed by atoms with Gasteiger partial charge in [-0.3, -0.25) is 4.79 Å². The highest BCUT2D eigenvalue weighted by Crippen LogP contribution is 2.31. The zero-order chi connectivity index (χ0) is 21.9. The summed E-state index contributed by atoms with van der Waals surface area (Å²) in [4.78, 5) is 16.0. The summed E-state index contributed by atoms with van der Waals surface area (Å²) in [5.74, 6) is 0.211. The van der Waals surface area contributed by atoms with Gasteiger partial charge in [0, 0.05) is 23.7 Å². The highest BCUT2D eigenvalue weighted by Gasteiger charge is 2.31. The maximum absolute atomic E-state index is 14.0. The zero-order valence-corrected chi connectivity index (χ0v) is 17.8. The third kappa shape index (κ3) is 3.90. The predicted octanol–water partition coefficient (Wildman–Crippen LogP) is 5.87. The maximum atomic E-state index is 14.0. The molecule has 0 saturated heterocycles. The van der Waals surface area contributed by atoms with Crippen LogP contribution in [0.3, 0.4) is 0 Å². The van der Waals surface area contributed by atoms with Crippen LogP contribution in [0.5, 0.6) is 5.75 Å². The molecule has 4 aromatic rings. The van der Waals surface area contributed by atoms with E-state index in [1.54, 1.807) is 12.1 Å². The minimum atomic E-state index is -0.00878. The Morgan fingerprint density at radius 2 is 1.34 bits per heavy atom. The molecular weight excluding hydrogens is 394 g/mol. The van der Waals surface area contributed by atoms with Crippen LogP contribution >= 0.6 is 0 Å². The second kappa shape index (κ2) is 8.72. The number of benzene rings is 4. The number of phenols is 1. The lowest BCUT2D eigenvalue weighted by molar-refractivity contribution is 0.0667. The summed E-state index contributed by atoms with van der Waals surface area (Å²) in [6.45, 7) is 0.368. The summed E-state index contributed by atoms with van der Waals surface area (Å²) >= 11 is 0. The van der Waals surface area contributed by atoms with E-state index in [0.717, 1.165) is 29.5 Å². The van der Waals surface area contributed by atoms with Gasteiger partial charge < -0.3 is 10.0 Å². The Balaban J connectivity index is 1.54. The number of hydrogen-bond donors (Lipinski definition) is 1. The standard InChI is InChI=1S/C29H25NO2/c31-28-17-9-6-14-24(28)20-30(25-18-22-12-4-5-13-23(22)19-25)29(32)27-16-8-7-15-26(27)21-10-2-1-3-11-21/h1-17,25,31H,18-20H2.